The van der Waals surface area contributed by atoms with Crippen molar-refractivity contribution >= 4 is 17.7 Å². The van der Waals surface area contributed by atoms with Gasteiger partial charge in [0.1, 0.15) is 0 Å². The minimum absolute atomic E-state index is 0.0759. The first kappa shape index (κ1) is 20.2. The van der Waals surface area contributed by atoms with Crippen LogP contribution in [0.3, 0.4) is 0 Å². The third-order valence-electron chi connectivity index (χ3n) is 4.25. The average Bonchev–Trinajstić information content (AvgIpc) is 2.67. The number of nitrogens with one attached hydrogen (secondary N) is 2. The first-order chi connectivity index (χ1) is 12.9. The van der Waals surface area contributed by atoms with Crippen molar-refractivity contribution in [2.24, 2.45) is 0 Å². The normalized spacial score (nSPS) is 11.4. The van der Waals surface area contributed by atoms with Gasteiger partial charge in [-0.15, -0.1) is 0 Å². The molecule has 6 heteroatoms. The molecule has 0 spiro atoms. The fourth-order valence-electron chi connectivity index (χ4n) is 2.78. The lowest BCUT2D eigenvalue weighted by molar-refractivity contribution is -0.131. The van der Waals surface area contributed by atoms with Gasteiger partial charge >= 0.3 is 0 Å². The predicted molar refractivity (Wildman–Crippen MR) is 104 cm³/mol. The summed E-state index contributed by atoms with van der Waals surface area (Å²) in [6.07, 6.45) is 0.177. The van der Waals surface area contributed by atoms with Gasteiger partial charge in [0.2, 0.25) is 11.8 Å². The van der Waals surface area contributed by atoms with Crippen molar-refractivity contribution in [3.8, 4) is 0 Å². The summed E-state index contributed by atoms with van der Waals surface area (Å²) in [6.45, 7) is 1.87. The van der Waals surface area contributed by atoms with Crippen molar-refractivity contribution in [1.29, 1.82) is 0 Å². The van der Waals surface area contributed by atoms with Gasteiger partial charge in [0.25, 0.3) is 5.91 Å². The molecule has 0 heterocycles. The molecule has 2 aromatic carbocycles. The molecule has 6 nitrogen and oxygen atoms in total. The zero-order valence-corrected chi connectivity index (χ0v) is 15.9. The summed E-state index contributed by atoms with van der Waals surface area (Å²) in [4.78, 5) is 37.4. The first-order valence-electron chi connectivity index (χ1n) is 8.77. The molecule has 0 aliphatic carbocycles. The second-order valence-corrected chi connectivity index (χ2v) is 6.39. The number of rotatable bonds is 7. The summed E-state index contributed by atoms with van der Waals surface area (Å²) in [7, 11) is 3.31. The van der Waals surface area contributed by atoms with E-state index < -0.39 is 0 Å². The summed E-state index contributed by atoms with van der Waals surface area (Å²) in [5.74, 6) is -0.399. The Morgan fingerprint density at radius 1 is 1.00 bits per heavy atom. The van der Waals surface area contributed by atoms with E-state index in [2.05, 4.69) is 10.6 Å². The summed E-state index contributed by atoms with van der Waals surface area (Å²) in [6, 6.07) is 16.2. The summed E-state index contributed by atoms with van der Waals surface area (Å²) < 4.78 is 0. The summed E-state index contributed by atoms with van der Waals surface area (Å²) >= 11 is 0. The maximum Gasteiger partial charge on any atom is 0.251 e. The standard InChI is InChI=1S/C21H25N3O3/c1-15(25)23-19(17-7-5-4-6-8-17)13-20(26)24(3)14-16-9-11-18(12-10-16)21(27)22-2/h4-12,19H,13-14H2,1-3H3,(H,22,27)(H,23,25)/t19-/m0/s1. The smallest absolute Gasteiger partial charge is 0.251 e. The van der Waals surface area contributed by atoms with E-state index in [-0.39, 0.29) is 30.2 Å². The number of nitrogens with zero attached hydrogens (tertiary/aromatic N) is 1. The van der Waals surface area contributed by atoms with Crippen LogP contribution in [0.2, 0.25) is 0 Å². The molecule has 0 fully saturated rings. The van der Waals surface area contributed by atoms with E-state index in [1.54, 1.807) is 31.1 Å². The molecule has 2 N–H and O–H groups in total. The van der Waals surface area contributed by atoms with Gasteiger partial charge in [-0.3, -0.25) is 14.4 Å². The highest BCUT2D eigenvalue weighted by Gasteiger charge is 2.19. The zero-order valence-electron chi connectivity index (χ0n) is 15.9. The third-order valence-corrected chi connectivity index (χ3v) is 4.25. The predicted octanol–water partition coefficient (Wildman–Crippen LogP) is 2.27. The molecule has 142 valence electrons. The Balaban J connectivity index is 2.02. The Bertz CT molecular complexity index is 788. The molecule has 0 unspecified atom stereocenters. The van der Waals surface area contributed by atoms with E-state index in [0.717, 1.165) is 11.1 Å². The topological polar surface area (TPSA) is 78.5 Å². The van der Waals surface area contributed by atoms with Gasteiger partial charge in [-0.1, -0.05) is 42.5 Å². The number of hydrogen-bond donors (Lipinski definition) is 2. The molecule has 0 radical (unpaired) electrons. The van der Waals surface area contributed by atoms with Crippen LogP contribution in [-0.2, 0) is 16.1 Å². The Kier molecular flexibility index (Phi) is 7.11. The Morgan fingerprint density at radius 2 is 1.63 bits per heavy atom. The monoisotopic (exact) mass is 367 g/mol. The number of hydrogen-bond acceptors (Lipinski definition) is 3. The highest BCUT2D eigenvalue weighted by molar-refractivity contribution is 5.93. The van der Waals surface area contributed by atoms with Crippen LogP contribution in [0.5, 0.6) is 0 Å². The molecule has 2 rings (SSSR count). The van der Waals surface area contributed by atoms with Crippen molar-refractivity contribution in [2.75, 3.05) is 14.1 Å². The first-order valence-corrected chi connectivity index (χ1v) is 8.77. The minimum atomic E-state index is -0.366. The minimum Gasteiger partial charge on any atom is -0.355 e. The molecule has 0 aromatic heterocycles. The van der Waals surface area contributed by atoms with Crippen LogP contribution < -0.4 is 10.6 Å². The largest absolute Gasteiger partial charge is 0.355 e. The second kappa shape index (κ2) is 9.52. The number of carbonyl (C=O) groups excluding carboxylic acids is 3. The quantitative estimate of drug-likeness (QED) is 0.788. The molecule has 0 saturated carbocycles. The lowest BCUT2D eigenvalue weighted by atomic mass is 10.0. The molecule has 27 heavy (non-hydrogen) atoms. The SMILES string of the molecule is CNC(=O)c1ccc(CN(C)C(=O)C[C@H](NC(C)=O)c2ccccc2)cc1. The van der Waals surface area contributed by atoms with E-state index in [1.807, 2.05) is 42.5 Å². The van der Waals surface area contributed by atoms with E-state index >= 15 is 0 Å². The van der Waals surface area contributed by atoms with Crippen LogP contribution >= 0.6 is 0 Å². The van der Waals surface area contributed by atoms with Gasteiger partial charge < -0.3 is 15.5 Å². The fraction of sp³-hybridized carbons (Fsp3) is 0.286. The van der Waals surface area contributed by atoms with E-state index in [4.69, 9.17) is 0 Å². The molecule has 2 aromatic rings. The van der Waals surface area contributed by atoms with Crippen molar-refractivity contribution < 1.29 is 14.4 Å². The van der Waals surface area contributed by atoms with Gasteiger partial charge in [-0.2, -0.15) is 0 Å². The molecule has 0 aliphatic heterocycles. The van der Waals surface area contributed by atoms with Crippen LogP contribution in [0, 0.1) is 0 Å². The second-order valence-electron chi connectivity index (χ2n) is 6.39. The van der Waals surface area contributed by atoms with Crippen LogP contribution in [0.15, 0.2) is 54.6 Å². The Morgan fingerprint density at radius 3 is 2.19 bits per heavy atom. The number of amides is 3. The molecular formula is C21H25N3O3. The fourth-order valence-corrected chi connectivity index (χ4v) is 2.78. The van der Waals surface area contributed by atoms with Crippen molar-refractivity contribution in [1.82, 2.24) is 15.5 Å². The third kappa shape index (κ3) is 5.95. The maximum absolute atomic E-state index is 12.6. The van der Waals surface area contributed by atoms with Crippen LogP contribution in [0.1, 0.15) is 40.9 Å². The summed E-state index contributed by atoms with van der Waals surface area (Å²) in [5, 5.41) is 5.42. The van der Waals surface area contributed by atoms with Gasteiger partial charge in [0, 0.05) is 33.1 Å². The lowest BCUT2D eigenvalue weighted by Crippen LogP contribution is -2.33. The van der Waals surface area contributed by atoms with Crippen molar-refractivity contribution in [3.63, 3.8) is 0 Å². The molecule has 3 amide bonds. The van der Waals surface area contributed by atoms with Crippen LogP contribution in [-0.4, -0.2) is 36.7 Å². The zero-order chi connectivity index (χ0) is 19.8. The van der Waals surface area contributed by atoms with E-state index in [1.165, 1.54) is 6.92 Å². The maximum atomic E-state index is 12.6. The molecule has 0 saturated heterocycles. The Hall–Kier alpha value is -3.15. The molecule has 0 bridgehead atoms. The highest BCUT2D eigenvalue weighted by atomic mass is 16.2. The number of carbonyl (C=O) groups is 3. The van der Waals surface area contributed by atoms with Gasteiger partial charge in [0.15, 0.2) is 0 Å². The van der Waals surface area contributed by atoms with Crippen LogP contribution in [0.25, 0.3) is 0 Å². The van der Waals surface area contributed by atoms with Crippen molar-refractivity contribution in [3.05, 3.63) is 71.3 Å². The molecule has 0 aliphatic rings. The lowest BCUT2D eigenvalue weighted by Gasteiger charge is -2.23. The van der Waals surface area contributed by atoms with Crippen LogP contribution in [0.4, 0.5) is 0 Å². The van der Waals surface area contributed by atoms with Gasteiger partial charge in [-0.25, -0.2) is 0 Å². The van der Waals surface area contributed by atoms with Crippen molar-refractivity contribution in [2.45, 2.75) is 25.9 Å². The number of benzene rings is 2. The van der Waals surface area contributed by atoms with E-state index in [9.17, 15) is 14.4 Å². The molecule has 1 atom stereocenters. The molecular weight excluding hydrogens is 342 g/mol. The van der Waals surface area contributed by atoms with Gasteiger partial charge in [-0.05, 0) is 23.3 Å². The summed E-state index contributed by atoms with van der Waals surface area (Å²) in [5.41, 5.74) is 2.39. The Labute approximate surface area is 159 Å². The average molecular weight is 367 g/mol. The van der Waals surface area contributed by atoms with Gasteiger partial charge in [0.05, 0.1) is 12.5 Å². The highest BCUT2D eigenvalue weighted by Crippen LogP contribution is 2.18. The van der Waals surface area contributed by atoms with E-state index in [0.29, 0.717) is 12.1 Å².